The lowest BCUT2D eigenvalue weighted by molar-refractivity contribution is -0.148. The summed E-state index contributed by atoms with van der Waals surface area (Å²) in [5, 5.41) is 2.52. The number of hydrogen-bond acceptors (Lipinski definition) is 4. The topological polar surface area (TPSA) is 64.6 Å². The van der Waals surface area contributed by atoms with Crippen LogP contribution in [0.5, 0.6) is 0 Å². The van der Waals surface area contributed by atoms with Gasteiger partial charge in [0.05, 0.1) is 7.11 Å². The molecule has 7 heteroatoms. The molecule has 1 aromatic rings. The fourth-order valence-electron chi connectivity index (χ4n) is 1.82. The fraction of sp³-hybridized carbons (Fsp3) is 0.467. The molecule has 0 spiro atoms. The summed E-state index contributed by atoms with van der Waals surface area (Å²) < 4.78 is 9.82. The van der Waals surface area contributed by atoms with Gasteiger partial charge in [0.2, 0.25) is 0 Å². The van der Waals surface area contributed by atoms with Gasteiger partial charge in [-0.2, -0.15) is 0 Å². The van der Waals surface area contributed by atoms with Gasteiger partial charge in [-0.3, -0.25) is 0 Å². The minimum Gasteiger partial charge on any atom is -0.467 e. The van der Waals surface area contributed by atoms with Crippen LogP contribution < -0.4 is 5.32 Å². The van der Waals surface area contributed by atoms with Gasteiger partial charge in [-0.05, 0) is 25.3 Å². The first kappa shape index (κ1) is 18.6. The Morgan fingerprint density at radius 1 is 1.27 bits per heavy atom. The van der Waals surface area contributed by atoms with Crippen molar-refractivity contribution in [2.75, 3.05) is 7.11 Å². The van der Waals surface area contributed by atoms with Gasteiger partial charge in [-0.1, -0.05) is 30.3 Å². The second-order valence-corrected chi connectivity index (χ2v) is 6.22. The fourth-order valence-corrected chi connectivity index (χ4v) is 2.04. The van der Waals surface area contributed by atoms with Crippen molar-refractivity contribution in [1.82, 2.24) is 5.32 Å². The average Bonchev–Trinajstić information content (AvgIpc) is 2.51. The number of ether oxygens (including phenoxy) is 2. The normalized spacial score (nSPS) is 13.3. The molecule has 0 fully saturated rings. The van der Waals surface area contributed by atoms with E-state index in [1.54, 1.807) is 6.92 Å². The number of benzene rings is 1. The third-order valence-electron chi connectivity index (χ3n) is 3.09. The molecule has 22 heavy (non-hydrogen) atoms. The number of esters is 1. The van der Waals surface area contributed by atoms with Crippen molar-refractivity contribution in [2.24, 2.45) is 0 Å². The highest BCUT2D eigenvalue weighted by Crippen LogP contribution is 2.20. The number of alkyl carbamates (subject to hydrolysis) is 1. The van der Waals surface area contributed by atoms with Crippen LogP contribution in [-0.4, -0.2) is 29.5 Å². The van der Waals surface area contributed by atoms with E-state index in [4.69, 9.17) is 32.7 Å². The van der Waals surface area contributed by atoms with Crippen molar-refractivity contribution >= 4 is 35.3 Å². The minimum absolute atomic E-state index is 0.109. The van der Waals surface area contributed by atoms with E-state index in [0.29, 0.717) is 6.42 Å². The van der Waals surface area contributed by atoms with Crippen LogP contribution in [0.4, 0.5) is 4.79 Å². The van der Waals surface area contributed by atoms with E-state index in [-0.39, 0.29) is 13.0 Å². The minimum atomic E-state index is -1.25. The van der Waals surface area contributed by atoms with E-state index in [1.807, 2.05) is 30.3 Å². The molecule has 1 atom stereocenters. The van der Waals surface area contributed by atoms with Crippen LogP contribution >= 0.6 is 23.2 Å². The second-order valence-electron chi connectivity index (χ2n) is 4.94. The van der Waals surface area contributed by atoms with E-state index in [0.717, 1.165) is 5.56 Å². The Morgan fingerprint density at radius 2 is 1.91 bits per heavy atom. The van der Waals surface area contributed by atoms with Gasteiger partial charge in [-0.15, -0.1) is 23.2 Å². The lowest BCUT2D eigenvalue weighted by atomic mass is 9.96. The van der Waals surface area contributed by atoms with E-state index in [1.165, 1.54) is 7.11 Å². The first-order valence-electron chi connectivity index (χ1n) is 6.73. The van der Waals surface area contributed by atoms with Gasteiger partial charge in [0, 0.05) is 0 Å². The molecule has 0 aliphatic rings. The van der Waals surface area contributed by atoms with E-state index in [2.05, 4.69) is 5.32 Å². The quantitative estimate of drug-likeness (QED) is 0.606. The van der Waals surface area contributed by atoms with Crippen LogP contribution in [0.15, 0.2) is 30.3 Å². The predicted molar refractivity (Wildman–Crippen MR) is 84.9 cm³/mol. The number of rotatable bonds is 7. The summed E-state index contributed by atoms with van der Waals surface area (Å²) in [7, 11) is 1.25. The van der Waals surface area contributed by atoms with Crippen LogP contribution in [0.25, 0.3) is 0 Å². The van der Waals surface area contributed by atoms with Gasteiger partial charge in [0.1, 0.15) is 17.0 Å². The number of carbonyl (C=O) groups is 2. The maximum Gasteiger partial charge on any atom is 0.408 e. The van der Waals surface area contributed by atoms with Crippen molar-refractivity contribution in [3.63, 3.8) is 0 Å². The third kappa shape index (κ3) is 6.12. The number of nitrogens with one attached hydrogen (secondary N) is 1. The Balaban J connectivity index is 2.60. The average molecular weight is 348 g/mol. The van der Waals surface area contributed by atoms with E-state index < -0.39 is 22.4 Å². The summed E-state index contributed by atoms with van der Waals surface area (Å²) >= 11 is 11.4. The van der Waals surface area contributed by atoms with Gasteiger partial charge >= 0.3 is 12.1 Å². The SMILES string of the molecule is COC(=O)C(C)(CCC(Cl)Cl)NC(=O)OCc1ccccc1. The number of methoxy groups -OCH3 is 1. The number of carbonyl (C=O) groups excluding carboxylic acids is 2. The van der Waals surface area contributed by atoms with Crippen molar-refractivity contribution in [1.29, 1.82) is 0 Å². The molecule has 0 radical (unpaired) electrons. The smallest absolute Gasteiger partial charge is 0.408 e. The molecule has 0 bridgehead atoms. The highest BCUT2D eigenvalue weighted by Gasteiger charge is 2.36. The number of amides is 1. The Hall–Kier alpha value is -1.46. The van der Waals surface area contributed by atoms with Crippen LogP contribution in [0.1, 0.15) is 25.3 Å². The molecule has 0 aliphatic carbocycles. The molecule has 122 valence electrons. The Bertz CT molecular complexity index is 496. The molecule has 0 heterocycles. The molecule has 5 nitrogen and oxygen atoms in total. The second kappa shape index (κ2) is 8.86. The van der Waals surface area contributed by atoms with Crippen molar-refractivity contribution < 1.29 is 19.1 Å². The van der Waals surface area contributed by atoms with Gasteiger partial charge in [0.25, 0.3) is 0 Å². The summed E-state index contributed by atoms with van der Waals surface area (Å²) in [5.41, 5.74) is -0.399. The predicted octanol–water partition coefficient (Wildman–Crippen LogP) is 3.43. The number of alkyl halides is 2. The van der Waals surface area contributed by atoms with Crippen LogP contribution in [0.3, 0.4) is 0 Å². The number of hydrogen-bond donors (Lipinski definition) is 1. The standard InChI is InChI=1S/C15H19Cl2NO4/c1-15(13(19)21-2,9-8-12(16)17)18-14(20)22-10-11-6-4-3-5-7-11/h3-7,12H,8-10H2,1-2H3,(H,18,20). The van der Waals surface area contributed by atoms with Crippen LogP contribution in [-0.2, 0) is 20.9 Å². The maximum absolute atomic E-state index is 11.9. The summed E-state index contributed by atoms with van der Waals surface area (Å²) in [6.07, 6.45) is -0.150. The van der Waals surface area contributed by atoms with Crippen molar-refractivity contribution in [2.45, 2.75) is 36.7 Å². The molecule has 1 rings (SSSR count). The Labute approximate surface area is 139 Å². The van der Waals surface area contributed by atoms with Gasteiger partial charge in [0.15, 0.2) is 0 Å². The summed E-state index contributed by atoms with van der Waals surface area (Å²) in [6, 6.07) is 9.22. The maximum atomic E-state index is 11.9. The Kier molecular flexibility index (Phi) is 7.48. The molecule has 0 saturated carbocycles. The lowest BCUT2D eigenvalue weighted by Gasteiger charge is -2.27. The first-order valence-corrected chi connectivity index (χ1v) is 7.60. The zero-order valence-corrected chi connectivity index (χ0v) is 14.0. The monoisotopic (exact) mass is 347 g/mol. The highest BCUT2D eigenvalue weighted by atomic mass is 35.5. The molecule has 0 saturated heterocycles. The van der Waals surface area contributed by atoms with E-state index in [9.17, 15) is 9.59 Å². The first-order chi connectivity index (χ1) is 10.4. The third-order valence-corrected chi connectivity index (χ3v) is 3.53. The molecule has 0 aromatic heterocycles. The zero-order chi connectivity index (χ0) is 16.6. The van der Waals surface area contributed by atoms with Crippen LogP contribution in [0.2, 0.25) is 0 Å². The largest absolute Gasteiger partial charge is 0.467 e. The molecule has 1 aromatic carbocycles. The zero-order valence-electron chi connectivity index (χ0n) is 12.5. The van der Waals surface area contributed by atoms with Crippen LogP contribution in [0, 0.1) is 0 Å². The molecule has 1 N–H and O–H groups in total. The van der Waals surface area contributed by atoms with E-state index >= 15 is 0 Å². The molecule has 0 aliphatic heterocycles. The molecular weight excluding hydrogens is 329 g/mol. The molecule has 1 unspecified atom stereocenters. The molecular formula is C15H19Cl2NO4. The number of halogens is 2. The van der Waals surface area contributed by atoms with Crippen molar-refractivity contribution in [3.05, 3.63) is 35.9 Å². The molecule has 1 amide bonds. The van der Waals surface area contributed by atoms with Gasteiger partial charge in [-0.25, -0.2) is 9.59 Å². The summed E-state index contributed by atoms with van der Waals surface area (Å²) in [5.74, 6) is -0.585. The summed E-state index contributed by atoms with van der Waals surface area (Å²) in [6.45, 7) is 1.65. The highest BCUT2D eigenvalue weighted by molar-refractivity contribution is 6.44. The lowest BCUT2D eigenvalue weighted by Crippen LogP contribution is -2.53. The summed E-state index contributed by atoms with van der Waals surface area (Å²) in [4.78, 5) is 23.1. The van der Waals surface area contributed by atoms with Crippen molar-refractivity contribution in [3.8, 4) is 0 Å². The van der Waals surface area contributed by atoms with Gasteiger partial charge < -0.3 is 14.8 Å². The Morgan fingerprint density at radius 3 is 2.45 bits per heavy atom.